The molecule has 24 nitrogen and oxygen atoms in total. The summed E-state index contributed by atoms with van der Waals surface area (Å²) in [6, 6.07) is -3.24. The average Bonchev–Trinajstić information content (AvgIpc) is 3.98. The highest BCUT2D eigenvalue weighted by Gasteiger charge is 2.41. The van der Waals surface area contributed by atoms with Crippen molar-refractivity contribution < 1.29 is 58.5 Å². The fourth-order valence-corrected chi connectivity index (χ4v) is 8.01. The number of nitrogens with zero attached hydrogens (tertiary/aromatic N) is 3. The normalized spacial score (nSPS) is 18.7. The lowest BCUT2D eigenvalue weighted by molar-refractivity contribution is -0.143. The average molecular weight is 973 g/mol. The number of likely N-dealkylation sites (tertiary alicyclic amines) is 2. The van der Waals surface area contributed by atoms with Gasteiger partial charge in [-0.25, -0.2) is 0 Å². The van der Waals surface area contributed by atoms with Gasteiger partial charge in [0.15, 0.2) is 5.96 Å². The van der Waals surface area contributed by atoms with E-state index in [-0.39, 0.29) is 75.8 Å². The Labute approximate surface area is 401 Å². The summed E-state index contributed by atoms with van der Waals surface area (Å²) in [7, 11) is 0. The number of benzene rings is 1. The molecule has 0 aromatic heterocycles. The molecule has 15 N–H and O–H groups in total. The molecule has 8 amide bonds. The Morgan fingerprint density at radius 2 is 1.32 bits per heavy atom. The molecule has 9 unspecified atom stereocenters. The van der Waals surface area contributed by atoms with Gasteiger partial charge in [-0.2, -0.15) is 0 Å². The van der Waals surface area contributed by atoms with Crippen molar-refractivity contribution in [2.45, 2.75) is 147 Å². The fourth-order valence-electron chi connectivity index (χ4n) is 8.01. The monoisotopic (exact) mass is 973 g/mol. The van der Waals surface area contributed by atoms with Crippen LogP contribution in [0.3, 0.4) is 0 Å². The number of nitrogens with two attached hydrogens (primary N) is 3. The number of aliphatic hydroxyl groups is 1. The summed E-state index contributed by atoms with van der Waals surface area (Å²) in [6.45, 7) is 9.34. The van der Waals surface area contributed by atoms with E-state index >= 15 is 0 Å². The van der Waals surface area contributed by atoms with Crippen molar-refractivity contribution in [2.75, 3.05) is 26.2 Å². The van der Waals surface area contributed by atoms with Crippen molar-refractivity contribution in [3.63, 3.8) is 0 Å². The number of aliphatic carboxylic acids is 1. The summed E-state index contributed by atoms with van der Waals surface area (Å²) in [5.41, 5.74) is 17.9. The van der Waals surface area contributed by atoms with Crippen LogP contribution in [0.15, 0.2) is 29.3 Å². The van der Waals surface area contributed by atoms with Crippen LogP contribution in [0.5, 0.6) is 5.75 Å². The Bertz CT molecular complexity index is 2010. The van der Waals surface area contributed by atoms with Crippen LogP contribution in [0.2, 0.25) is 0 Å². The first kappa shape index (κ1) is 56.8. The summed E-state index contributed by atoms with van der Waals surface area (Å²) in [5, 5.41) is 44.3. The topological polar surface area (TPSA) is 383 Å². The van der Waals surface area contributed by atoms with E-state index in [1.54, 1.807) is 26.0 Å². The third-order valence-electron chi connectivity index (χ3n) is 11.8. The van der Waals surface area contributed by atoms with Crippen LogP contribution >= 0.6 is 0 Å². The standard InChI is InChI=1S/C45H72N12O12/c1-23(2)20-31(53-37(61)29(46)21-27-13-15-28(59)16-14-27)38(62)52-30(10-7-17-49-45(47)48)43(67)57-19-9-11-32(57)39(63)50-22-34(60)56-18-8-12-33(56)40(64)54-35(24(3)4)41(65)55-36(26(6)58)42(66)51-25(5)44(68)69/h13-16,23-26,29-33,35-36,58-59H,7-12,17-22,46H2,1-6H3,(H,50,63)(H,51,66)(H,52,62)(H,53,61)(H,54,64)(H,55,65)(H,68,69)(H4,47,48,49). The predicted molar refractivity (Wildman–Crippen MR) is 251 cm³/mol. The van der Waals surface area contributed by atoms with Crippen molar-refractivity contribution in [3.8, 4) is 5.75 Å². The summed E-state index contributed by atoms with van der Waals surface area (Å²) in [6.07, 6.45) is 0.559. The SMILES string of the molecule is CC(C)CC(NC(=O)C(N)Cc1ccc(O)cc1)C(=O)NC(CCCN=C(N)N)C(=O)N1CCCC1C(=O)NCC(=O)N1CCCC1C(=O)NC(C(=O)NC(C(=O)NC(C)C(=O)O)C(C)O)C(C)C. The minimum absolute atomic E-state index is 0.0521. The van der Waals surface area contributed by atoms with Gasteiger partial charge in [-0.1, -0.05) is 39.8 Å². The molecule has 0 aliphatic carbocycles. The Morgan fingerprint density at radius 3 is 1.88 bits per heavy atom. The second-order valence-corrected chi connectivity index (χ2v) is 18.4. The molecule has 0 spiro atoms. The summed E-state index contributed by atoms with van der Waals surface area (Å²) >= 11 is 0. The molecule has 0 bridgehead atoms. The van der Waals surface area contributed by atoms with Crippen LogP contribution in [0.1, 0.15) is 92.1 Å². The Morgan fingerprint density at radius 1 is 0.739 bits per heavy atom. The molecule has 3 rings (SSSR count). The summed E-state index contributed by atoms with van der Waals surface area (Å²) in [5.74, 6) is -7.58. The van der Waals surface area contributed by atoms with Gasteiger partial charge < -0.3 is 74.2 Å². The van der Waals surface area contributed by atoms with E-state index in [0.717, 1.165) is 0 Å². The van der Waals surface area contributed by atoms with E-state index in [9.17, 15) is 53.4 Å². The minimum Gasteiger partial charge on any atom is -0.508 e. The number of hydrogen-bond acceptors (Lipinski definition) is 13. The maximum atomic E-state index is 14.3. The van der Waals surface area contributed by atoms with Gasteiger partial charge in [0.2, 0.25) is 47.3 Å². The predicted octanol–water partition coefficient (Wildman–Crippen LogP) is -2.97. The van der Waals surface area contributed by atoms with E-state index in [1.165, 1.54) is 35.8 Å². The van der Waals surface area contributed by atoms with E-state index in [4.69, 9.17) is 22.3 Å². The van der Waals surface area contributed by atoms with E-state index in [1.807, 2.05) is 13.8 Å². The number of phenols is 1. The maximum Gasteiger partial charge on any atom is 0.325 e. The Hall–Kier alpha value is -6.56. The maximum absolute atomic E-state index is 14.3. The van der Waals surface area contributed by atoms with Gasteiger partial charge in [-0.05, 0) is 94.7 Å². The number of aliphatic imine (C=N–C) groups is 1. The molecule has 1 aromatic carbocycles. The first-order chi connectivity index (χ1) is 32.4. The molecule has 2 fully saturated rings. The first-order valence-electron chi connectivity index (χ1n) is 23.3. The second-order valence-electron chi connectivity index (χ2n) is 18.4. The number of carbonyl (C=O) groups excluding carboxylic acids is 8. The quantitative estimate of drug-likeness (QED) is 0.0264. The zero-order chi connectivity index (χ0) is 51.7. The molecule has 384 valence electrons. The third-order valence-corrected chi connectivity index (χ3v) is 11.8. The van der Waals surface area contributed by atoms with E-state index in [0.29, 0.717) is 18.4 Å². The molecule has 2 saturated heterocycles. The number of amides is 8. The Kier molecular flexibility index (Phi) is 22.1. The number of rotatable bonds is 25. The number of guanidine groups is 1. The van der Waals surface area contributed by atoms with Crippen LogP contribution in [-0.2, 0) is 49.6 Å². The lowest BCUT2D eigenvalue weighted by Crippen LogP contribution is -2.61. The van der Waals surface area contributed by atoms with E-state index < -0.39 is 120 Å². The highest BCUT2D eigenvalue weighted by molar-refractivity contribution is 5.98. The van der Waals surface area contributed by atoms with Gasteiger partial charge in [-0.15, -0.1) is 0 Å². The van der Waals surface area contributed by atoms with Crippen LogP contribution in [0, 0.1) is 11.8 Å². The highest BCUT2D eigenvalue weighted by Crippen LogP contribution is 2.22. The number of aromatic hydroxyl groups is 1. The van der Waals surface area contributed by atoms with Crippen molar-refractivity contribution >= 4 is 59.2 Å². The molecule has 24 heteroatoms. The van der Waals surface area contributed by atoms with Gasteiger partial charge in [0.05, 0.1) is 18.7 Å². The molecule has 0 radical (unpaired) electrons. The molecule has 0 saturated carbocycles. The van der Waals surface area contributed by atoms with Gasteiger partial charge in [0.1, 0.15) is 48.0 Å². The van der Waals surface area contributed by atoms with Crippen LogP contribution in [0.25, 0.3) is 0 Å². The number of hydrogen-bond donors (Lipinski definition) is 12. The highest BCUT2D eigenvalue weighted by atomic mass is 16.4. The zero-order valence-corrected chi connectivity index (χ0v) is 40.2. The van der Waals surface area contributed by atoms with Crippen molar-refractivity contribution in [1.29, 1.82) is 0 Å². The lowest BCUT2D eigenvalue weighted by atomic mass is 10.0. The third kappa shape index (κ3) is 17.5. The molecule has 1 aromatic rings. The number of carboxylic acid groups (broad SMARTS) is 1. The molecule has 9 atom stereocenters. The van der Waals surface area contributed by atoms with Crippen molar-refractivity contribution in [2.24, 2.45) is 34.0 Å². The number of carbonyl (C=O) groups is 9. The summed E-state index contributed by atoms with van der Waals surface area (Å²) < 4.78 is 0. The number of nitrogens with one attached hydrogen (secondary N) is 6. The minimum atomic E-state index is -1.55. The van der Waals surface area contributed by atoms with Gasteiger partial charge in [0, 0.05) is 19.6 Å². The van der Waals surface area contributed by atoms with Gasteiger partial charge in [0.25, 0.3) is 0 Å². The largest absolute Gasteiger partial charge is 0.508 e. The molecular formula is C45H72N12O12. The van der Waals surface area contributed by atoms with Crippen molar-refractivity contribution in [3.05, 3.63) is 29.8 Å². The molecular weight excluding hydrogens is 901 g/mol. The fraction of sp³-hybridized carbons (Fsp3) is 0.644. The van der Waals surface area contributed by atoms with Crippen LogP contribution in [0.4, 0.5) is 0 Å². The Balaban J connectivity index is 1.69. The van der Waals surface area contributed by atoms with Gasteiger partial charge in [-0.3, -0.25) is 48.1 Å². The first-order valence-corrected chi connectivity index (χ1v) is 23.3. The molecule has 69 heavy (non-hydrogen) atoms. The van der Waals surface area contributed by atoms with Crippen molar-refractivity contribution in [1.82, 2.24) is 41.7 Å². The number of phenolic OH excluding ortho intramolecular Hbond substituents is 1. The summed E-state index contributed by atoms with van der Waals surface area (Å²) in [4.78, 5) is 126. The second kappa shape index (κ2) is 26.8. The van der Waals surface area contributed by atoms with Gasteiger partial charge >= 0.3 is 5.97 Å². The molecule has 2 heterocycles. The van der Waals surface area contributed by atoms with Crippen LogP contribution < -0.4 is 49.1 Å². The smallest absolute Gasteiger partial charge is 0.325 e. The van der Waals surface area contributed by atoms with Crippen LogP contribution in [-0.4, -0.2) is 165 Å². The molecule has 2 aliphatic heterocycles. The number of aliphatic hydroxyl groups excluding tert-OH is 1. The van der Waals surface area contributed by atoms with E-state index in [2.05, 4.69) is 36.9 Å². The zero-order valence-electron chi connectivity index (χ0n) is 40.2. The number of carboxylic acids is 1. The lowest BCUT2D eigenvalue weighted by Gasteiger charge is -2.31. The molecule has 2 aliphatic rings.